The standard InChI is InChI=1S/C9H12N2OS2/c1-5-3-14-9-7(5)13-4-6(10)8(12)11(9)2/h3,6H,4,10H2,1-2H3. The maximum Gasteiger partial charge on any atom is 0.245 e. The third-order valence-corrected chi connectivity index (χ3v) is 4.89. The van der Waals surface area contributed by atoms with Crippen LogP contribution in [0.5, 0.6) is 0 Å². The molecule has 3 nitrogen and oxygen atoms in total. The van der Waals surface area contributed by atoms with Gasteiger partial charge in [-0.2, -0.15) is 0 Å². The second kappa shape index (κ2) is 3.56. The zero-order valence-corrected chi connectivity index (χ0v) is 9.74. The molecular formula is C9H12N2OS2. The number of nitrogens with zero attached hydrogens (tertiary/aromatic N) is 1. The van der Waals surface area contributed by atoms with Gasteiger partial charge in [0.15, 0.2) is 0 Å². The Morgan fingerprint density at radius 1 is 1.64 bits per heavy atom. The van der Waals surface area contributed by atoms with E-state index in [1.807, 2.05) is 0 Å². The fourth-order valence-electron chi connectivity index (χ4n) is 1.42. The summed E-state index contributed by atoms with van der Waals surface area (Å²) in [4.78, 5) is 14.6. The molecule has 0 aliphatic carbocycles. The van der Waals surface area contributed by atoms with E-state index in [4.69, 9.17) is 5.73 Å². The molecule has 2 rings (SSSR count). The van der Waals surface area contributed by atoms with Crippen LogP contribution in [-0.2, 0) is 4.79 Å². The van der Waals surface area contributed by atoms with E-state index < -0.39 is 0 Å². The number of anilines is 1. The van der Waals surface area contributed by atoms with E-state index in [-0.39, 0.29) is 11.9 Å². The molecule has 76 valence electrons. The molecule has 0 saturated carbocycles. The summed E-state index contributed by atoms with van der Waals surface area (Å²) in [6.45, 7) is 2.07. The van der Waals surface area contributed by atoms with Gasteiger partial charge in [-0.1, -0.05) is 0 Å². The molecule has 1 atom stereocenters. The molecule has 0 spiro atoms. The topological polar surface area (TPSA) is 46.3 Å². The van der Waals surface area contributed by atoms with Gasteiger partial charge in [0.25, 0.3) is 0 Å². The van der Waals surface area contributed by atoms with E-state index in [0.717, 1.165) is 5.00 Å². The first-order chi connectivity index (χ1) is 6.61. The molecule has 1 aliphatic rings. The highest BCUT2D eigenvalue weighted by atomic mass is 32.2. The van der Waals surface area contributed by atoms with E-state index >= 15 is 0 Å². The first-order valence-electron chi connectivity index (χ1n) is 4.35. The zero-order chi connectivity index (χ0) is 10.3. The van der Waals surface area contributed by atoms with Gasteiger partial charge in [0.05, 0.1) is 6.04 Å². The number of likely N-dealkylation sites (N-methyl/N-ethyl adjacent to an activating group) is 1. The molecule has 1 aromatic rings. The molecule has 0 fully saturated rings. The fraction of sp³-hybridized carbons (Fsp3) is 0.444. The van der Waals surface area contributed by atoms with Gasteiger partial charge in [-0.3, -0.25) is 4.79 Å². The number of amides is 1. The molecule has 0 radical (unpaired) electrons. The lowest BCUT2D eigenvalue weighted by atomic mass is 10.3. The number of aryl methyl sites for hydroxylation is 1. The SMILES string of the molecule is Cc1csc2c1SCC(N)C(=O)N2C. The third-order valence-electron chi connectivity index (χ3n) is 2.26. The summed E-state index contributed by atoms with van der Waals surface area (Å²) in [6.07, 6.45) is 0. The van der Waals surface area contributed by atoms with Gasteiger partial charge in [-0.15, -0.1) is 23.1 Å². The molecule has 0 saturated heterocycles. The Morgan fingerprint density at radius 2 is 2.36 bits per heavy atom. The Hall–Kier alpha value is -0.520. The van der Waals surface area contributed by atoms with Crippen molar-refractivity contribution in [2.45, 2.75) is 17.9 Å². The molecule has 1 aromatic heterocycles. The summed E-state index contributed by atoms with van der Waals surface area (Å²) < 4.78 is 0. The average molecular weight is 228 g/mol. The zero-order valence-electron chi connectivity index (χ0n) is 8.11. The van der Waals surface area contributed by atoms with E-state index in [2.05, 4.69) is 12.3 Å². The highest BCUT2D eigenvalue weighted by Gasteiger charge is 2.27. The van der Waals surface area contributed by atoms with Gasteiger partial charge in [0, 0.05) is 17.7 Å². The highest BCUT2D eigenvalue weighted by molar-refractivity contribution is 7.99. The molecular weight excluding hydrogens is 216 g/mol. The number of thioether (sulfide) groups is 1. The van der Waals surface area contributed by atoms with Crippen LogP contribution in [0.1, 0.15) is 5.56 Å². The molecule has 1 amide bonds. The predicted molar refractivity (Wildman–Crippen MR) is 61.2 cm³/mol. The highest BCUT2D eigenvalue weighted by Crippen LogP contribution is 2.40. The maximum atomic E-state index is 11.7. The number of thiophene rings is 1. The second-order valence-corrected chi connectivity index (χ2v) is 5.26. The van der Waals surface area contributed by atoms with Crippen molar-refractivity contribution in [3.05, 3.63) is 10.9 Å². The largest absolute Gasteiger partial charge is 0.319 e. The van der Waals surface area contributed by atoms with Gasteiger partial charge in [-0.05, 0) is 17.9 Å². The van der Waals surface area contributed by atoms with Crippen molar-refractivity contribution in [2.75, 3.05) is 17.7 Å². The van der Waals surface area contributed by atoms with Gasteiger partial charge in [-0.25, -0.2) is 0 Å². The Bertz CT molecular complexity index is 375. The van der Waals surface area contributed by atoms with Crippen molar-refractivity contribution in [1.29, 1.82) is 0 Å². The summed E-state index contributed by atoms with van der Waals surface area (Å²) >= 11 is 3.29. The van der Waals surface area contributed by atoms with Crippen LogP contribution in [0, 0.1) is 6.92 Å². The normalized spacial score (nSPS) is 22.1. The quantitative estimate of drug-likeness (QED) is 0.731. The number of carbonyl (C=O) groups excluding carboxylic acids is 1. The van der Waals surface area contributed by atoms with E-state index in [0.29, 0.717) is 5.75 Å². The maximum absolute atomic E-state index is 11.7. The Labute approximate surface area is 91.3 Å². The van der Waals surface area contributed by atoms with Crippen LogP contribution >= 0.6 is 23.1 Å². The smallest absolute Gasteiger partial charge is 0.245 e. The van der Waals surface area contributed by atoms with Crippen molar-refractivity contribution in [2.24, 2.45) is 5.73 Å². The van der Waals surface area contributed by atoms with Crippen LogP contribution < -0.4 is 10.6 Å². The molecule has 0 bridgehead atoms. The van der Waals surface area contributed by atoms with Crippen molar-refractivity contribution >= 4 is 34.0 Å². The average Bonchev–Trinajstić information content (AvgIpc) is 2.49. The minimum Gasteiger partial charge on any atom is -0.319 e. The van der Waals surface area contributed by atoms with Crippen LogP contribution in [0.15, 0.2) is 10.3 Å². The van der Waals surface area contributed by atoms with Gasteiger partial charge < -0.3 is 10.6 Å². The van der Waals surface area contributed by atoms with Crippen molar-refractivity contribution < 1.29 is 4.79 Å². The lowest BCUT2D eigenvalue weighted by Gasteiger charge is -2.16. The molecule has 1 unspecified atom stereocenters. The lowest BCUT2D eigenvalue weighted by Crippen LogP contribution is -2.42. The Kier molecular flexibility index (Phi) is 2.55. The van der Waals surface area contributed by atoms with Gasteiger partial charge in [0.2, 0.25) is 5.91 Å². The van der Waals surface area contributed by atoms with E-state index in [1.54, 1.807) is 35.0 Å². The predicted octanol–water partition coefficient (Wildman–Crippen LogP) is 1.45. The number of carbonyl (C=O) groups is 1. The number of nitrogens with two attached hydrogens (primary N) is 1. The summed E-state index contributed by atoms with van der Waals surface area (Å²) in [5.41, 5.74) is 6.99. The summed E-state index contributed by atoms with van der Waals surface area (Å²) in [6, 6.07) is -0.371. The van der Waals surface area contributed by atoms with Crippen LogP contribution in [0.4, 0.5) is 5.00 Å². The minimum absolute atomic E-state index is 0.0121. The number of fused-ring (bicyclic) bond motifs is 1. The first-order valence-corrected chi connectivity index (χ1v) is 6.22. The van der Waals surface area contributed by atoms with E-state index in [9.17, 15) is 4.79 Å². The van der Waals surface area contributed by atoms with Crippen molar-refractivity contribution in [3.63, 3.8) is 0 Å². The minimum atomic E-state index is -0.371. The van der Waals surface area contributed by atoms with Crippen LogP contribution in [0.25, 0.3) is 0 Å². The van der Waals surface area contributed by atoms with Crippen molar-refractivity contribution in [3.8, 4) is 0 Å². The molecule has 1 aliphatic heterocycles. The second-order valence-electron chi connectivity index (χ2n) is 3.37. The van der Waals surface area contributed by atoms with E-state index in [1.165, 1.54) is 10.5 Å². The molecule has 14 heavy (non-hydrogen) atoms. The lowest BCUT2D eigenvalue weighted by molar-refractivity contribution is -0.119. The summed E-state index contributed by atoms with van der Waals surface area (Å²) in [5.74, 6) is 0.686. The summed E-state index contributed by atoms with van der Waals surface area (Å²) in [5, 5.41) is 3.11. The molecule has 2 heterocycles. The molecule has 0 aromatic carbocycles. The van der Waals surface area contributed by atoms with Gasteiger partial charge in [0.1, 0.15) is 5.00 Å². The molecule has 2 N–H and O–H groups in total. The van der Waals surface area contributed by atoms with Crippen LogP contribution in [0.3, 0.4) is 0 Å². The Morgan fingerprint density at radius 3 is 3.07 bits per heavy atom. The number of hydrogen-bond acceptors (Lipinski definition) is 4. The van der Waals surface area contributed by atoms with Crippen LogP contribution in [0.2, 0.25) is 0 Å². The van der Waals surface area contributed by atoms with Gasteiger partial charge >= 0.3 is 0 Å². The third kappa shape index (κ3) is 1.45. The van der Waals surface area contributed by atoms with Crippen molar-refractivity contribution in [1.82, 2.24) is 0 Å². The summed E-state index contributed by atoms with van der Waals surface area (Å²) in [7, 11) is 1.79. The first kappa shape index (κ1) is 10.0. The Balaban J connectivity index is 2.45. The van der Waals surface area contributed by atoms with Crippen LogP contribution in [-0.4, -0.2) is 24.7 Å². The monoisotopic (exact) mass is 228 g/mol. The number of rotatable bonds is 0. The number of hydrogen-bond donors (Lipinski definition) is 1. The molecule has 5 heteroatoms. The fourth-order valence-corrected chi connectivity index (χ4v) is 3.77.